The second-order valence-electron chi connectivity index (χ2n) is 7.55. The summed E-state index contributed by atoms with van der Waals surface area (Å²) in [6.07, 6.45) is 0. The second-order valence-corrected chi connectivity index (χ2v) is 9.48. The Morgan fingerprint density at radius 3 is 2.41 bits per heavy atom. The Bertz CT molecular complexity index is 800. The van der Waals surface area contributed by atoms with E-state index in [1.807, 2.05) is 0 Å². The van der Waals surface area contributed by atoms with Gasteiger partial charge in [0.15, 0.2) is 0 Å². The van der Waals surface area contributed by atoms with Crippen LogP contribution in [0.1, 0.15) is 38.1 Å². The number of carbonyl (C=O) groups is 1. The van der Waals surface area contributed by atoms with Crippen LogP contribution in [0.2, 0.25) is 0 Å². The van der Waals surface area contributed by atoms with E-state index in [9.17, 15) is 13.2 Å². The molecule has 29 heavy (non-hydrogen) atoms. The highest BCUT2D eigenvalue weighted by Crippen LogP contribution is 2.25. The van der Waals surface area contributed by atoms with Gasteiger partial charge in [-0.15, -0.1) is 0 Å². The van der Waals surface area contributed by atoms with Crippen molar-refractivity contribution < 1.29 is 22.7 Å². The molecule has 2 rings (SSSR count). The van der Waals surface area contributed by atoms with Gasteiger partial charge in [-0.2, -0.15) is 4.31 Å². The molecule has 1 fully saturated rings. The quantitative estimate of drug-likeness (QED) is 0.644. The molecule has 8 nitrogen and oxygen atoms in total. The van der Waals surface area contributed by atoms with Gasteiger partial charge in [0.25, 0.3) is 5.91 Å². The van der Waals surface area contributed by atoms with E-state index in [4.69, 9.17) is 9.47 Å². The van der Waals surface area contributed by atoms with Crippen LogP contribution < -0.4 is 10.1 Å². The highest BCUT2D eigenvalue weighted by molar-refractivity contribution is 7.89. The molecule has 9 heteroatoms. The molecule has 1 aliphatic rings. The number of hydrogen-bond acceptors (Lipinski definition) is 6. The Balaban J connectivity index is 2.22. The maximum absolute atomic E-state index is 12.9. The van der Waals surface area contributed by atoms with Gasteiger partial charge in [0.05, 0.1) is 30.8 Å². The first-order valence-electron chi connectivity index (χ1n) is 9.96. The van der Waals surface area contributed by atoms with E-state index in [2.05, 4.69) is 24.1 Å². The molecule has 1 aromatic rings. The lowest BCUT2D eigenvalue weighted by molar-refractivity contribution is -0.00923. The normalized spacial score (nSPS) is 16.1. The number of carbonyl (C=O) groups excluding carboxylic acids is 1. The van der Waals surface area contributed by atoms with Crippen molar-refractivity contribution in [2.24, 2.45) is 0 Å². The number of nitrogens with zero attached hydrogens (tertiary/aromatic N) is 2. The molecule has 164 valence electrons. The highest BCUT2D eigenvalue weighted by atomic mass is 32.2. The third-order valence-electron chi connectivity index (χ3n) is 5.31. The fourth-order valence-electron chi connectivity index (χ4n) is 3.41. The Morgan fingerprint density at radius 1 is 1.24 bits per heavy atom. The van der Waals surface area contributed by atoms with Crippen molar-refractivity contribution in [1.82, 2.24) is 14.5 Å². The zero-order valence-corrected chi connectivity index (χ0v) is 18.8. The number of hydrogen-bond donors (Lipinski definition) is 1. The number of nitrogens with one attached hydrogen (secondary N) is 1. The fraction of sp³-hybridized carbons (Fsp3) is 0.650. The van der Waals surface area contributed by atoms with E-state index in [1.54, 1.807) is 13.8 Å². The van der Waals surface area contributed by atoms with Crippen LogP contribution in [0.5, 0.6) is 5.75 Å². The minimum atomic E-state index is -3.67. The van der Waals surface area contributed by atoms with E-state index in [0.717, 1.165) is 13.1 Å². The second kappa shape index (κ2) is 9.88. The first-order chi connectivity index (χ1) is 13.7. The topological polar surface area (TPSA) is 88.2 Å². The third kappa shape index (κ3) is 5.48. The van der Waals surface area contributed by atoms with Crippen LogP contribution in [0.15, 0.2) is 23.1 Å². The standard InChI is InChI=1S/C20H33N3O5S/c1-6-23(7-2)29(25,26)16-8-9-18(27-5)17(14-16)19(24)21-15-20(3,4)22-10-12-28-13-11-22/h8-9,14H,6-7,10-13,15H2,1-5H3,(H,21,24). The molecule has 0 unspecified atom stereocenters. The van der Waals surface area contributed by atoms with Gasteiger partial charge < -0.3 is 14.8 Å². The van der Waals surface area contributed by atoms with Crippen LogP contribution >= 0.6 is 0 Å². The Labute approximate surface area is 174 Å². The maximum Gasteiger partial charge on any atom is 0.255 e. The van der Waals surface area contributed by atoms with Gasteiger partial charge in [0, 0.05) is 38.3 Å². The first-order valence-corrected chi connectivity index (χ1v) is 11.4. The molecule has 1 aromatic carbocycles. The van der Waals surface area contributed by atoms with Crippen LogP contribution in [-0.4, -0.2) is 82.1 Å². The monoisotopic (exact) mass is 427 g/mol. The summed E-state index contributed by atoms with van der Waals surface area (Å²) in [5.74, 6) is -0.0232. The molecule has 0 radical (unpaired) electrons. The molecule has 0 saturated carbocycles. The number of rotatable bonds is 9. The minimum absolute atomic E-state index is 0.0830. The molecule has 0 atom stereocenters. The van der Waals surface area contributed by atoms with E-state index in [1.165, 1.54) is 29.6 Å². The van der Waals surface area contributed by atoms with Crippen LogP contribution in [-0.2, 0) is 14.8 Å². The molecule has 0 aliphatic carbocycles. The molecule has 0 bridgehead atoms. The van der Waals surface area contributed by atoms with Gasteiger partial charge in [-0.3, -0.25) is 9.69 Å². The SMILES string of the molecule is CCN(CC)S(=O)(=O)c1ccc(OC)c(C(=O)NCC(C)(C)N2CCOCC2)c1. The number of morpholine rings is 1. The van der Waals surface area contributed by atoms with Crippen LogP contribution in [0.25, 0.3) is 0 Å². The molecule has 0 spiro atoms. The van der Waals surface area contributed by atoms with Crippen LogP contribution in [0.4, 0.5) is 0 Å². The predicted molar refractivity (Wildman–Crippen MR) is 112 cm³/mol. The summed E-state index contributed by atoms with van der Waals surface area (Å²) in [5.41, 5.74) is -0.0454. The number of amides is 1. The van der Waals surface area contributed by atoms with Gasteiger partial charge in [-0.25, -0.2) is 8.42 Å². The lowest BCUT2D eigenvalue weighted by Crippen LogP contribution is -2.55. The molecule has 1 saturated heterocycles. The minimum Gasteiger partial charge on any atom is -0.496 e. The molecule has 1 heterocycles. The molecule has 1 amide bonds. The van der Waals surface area contributed by atoms with Crippen LogP contribution in [0.3, 0.4) is 0 Å². The van der Waals surface area contributed by atoms with Crippen molar-refractivity contribution in [1.29, 1.82) is 0 Å². The molecule has 1 N–H and O–H groups in total. The Kier molecular flexibility index (Phi) is 8.04. The number of sulfonamides is 1. The Morgan fingerprint density at radius 2 is 1.86 bits per heavy atom. The maximum atomic E-state index is 12.9. The van der Waals surface area contributed by atoms with Gasteiger partial charge in [-0.1, -0.05) is 13.8 Å². The summed E-state index contributed by atoms with van der Waals surface area (Å²) < 4.78 is 37.7. The first kappa shape index (κ1) is 23.6. The predicted octanol–water partition coefficient (Wildman–Crippen LogP) is 1.57. The fourth-order valence-corrected chi connectivity index (χ4v) is 4.89. The summed E-state index contributed by atoms with van der Waals surface area (Å²) in [4.78, 5) is 15.3. The zero-order valence-electron chi connectivity index (χ0n) is 18.0. The van der Waals surface area contributed by atoms with Crippen molar-refractivity contribution in [2.75, 3.05) is 53.0 Å². The van der Waals surface area contributed by atoms with Crippen molar-refractivity contribution in [3.63, 3.8) is 0 Å². The lowest BCUT2D eigenvalue weighted by Gasteiger charge is -2.40. The summed E-state index contributed by atoms with van der Waals surface area (Å²) in [5, 5.41) is 2.94. The number of benzene rings is 1. The van der Waals surface area contributed by atoms with Gasteiger partial charge in [-0.05, 0) is 32.0 Å². The largest absolute Gasteiger partial charge is 0.496 e. The van der Waals surface area contributed by atoms with Crippen molar-refractivity contribution in [3.8, 4) is 5.75 Å². The Hall–Kier alpha value is -1.68. The smallest absolute Gasteiger partial charge is 0.255 e. The van der Waals surface area contributed by atoms with Gasteiger partial charge >= 0.3 is 0 Å². The average Bonchev–Trinajstić information content (AvgIpc) is 2.72. The highest BCUT2D eigenvalue weighted by Gasteiger charge is 2.30. The number of ether oxygens (including phenoxy) is 2. The summed E-state index contributed by atoms with van der Waals surface area (Å²) in [6, 6.07) is 4.39. The summed E-state index contributed by atoms with van der Waals surface area (Å²) in [7, 11) is -2.21. The molecular weight excluding hydrogens is 394 g/mol. The summed E-state index contributed by atoms with van der Waals surface area (Å²) in [6.45, 7) is 11.8. The van der Waals surface area contributed by atoms with Crippen molar-refractivity contribution in [2.45, 2.75) is 38.1 Å². The van der Waals surface area contributed by atoms with Crippen molar-refractivity contribution >= 4 is 15.9 Å². The lowest BCUT2D eigenvalue weighted by atomic mass is 10.0. The van der Waals surface area contributed by atoms with Gasteiger partial charge in [0.2, 0.25) is 10.0 Å². The van der Waals surface area contributed by atoms with E-state index in [0.29, 0.717) is 38.6 Å². The third-order valence-corrected chi connectivity index (χ3v) is 7.35. The average molecular weight is 428 g/mol. The molecule has 0 aromatic heterocycles. The zero-order chi connectivity index (χ0) is 21.7. The summed E-state index contributed by atoms with van der Waals surface area (Å²) >= 11 is 0. The van der Waals surface area contributed by atoms with E-state index < -0.39 is 10.0 Å². The van der Waals surface area contributed by atoms with Crippen LogP contribution in [0, 0.1) is 0 Å². The molecule has 1 aliphatic heterocycles. The van der Waals surface area contributed by atoms with E-state index in [-0.39, 0.29) is 21.9 Å². The number of methoxy groups -OCH3 is 1. The molecular formula is C20H33N3O5S. The van der Waals surface area contributed by atoms with E-state index >= 15 is 0 Å². The van der Waals surface area contributed by atoms with Crippen molar-refractivity contribution in [3.05, 3.63) is 23.8 Å². The van der Waals surface area contributed by atoms with Gasteiger partial charge in [0.1, 0.15) is 5.75 Å².